The summed E-state index contributed by atoms with van der Waals surface area (Å²) in [5.74, 6) is 0.426. The van der Waals surface area contributed by atoms with Gasteiger partial charge in [-0.1, -0.05) is 12.1 Å². The molecule has 35 heavy (non-hydrogen) atoms. The lowest BCUT2D eigenvalue weighted by atomic mass is 9.67. The van der Waals surface area contributed by atoms with E-state index in [4.69, 9.17) is 5.73 Å². The Bertz CT molecular complexity index is 1200. The highest BCUT2D eigenvalue weighted by Gasteiger charge is 2.52. The maximum Gasteiger partial charge on any atom is 0.251 e. The number of amides is 2. The summed E-state index contributed by atoms with van der Waals surface area (Å²) in [5.41, 5.74) is 11.2. The molecule has 0 atom stereocenters. The number of aromatic amines is 1. The van der Waals surface area contributed by atoms with E-state index >= 15 is 0 Å². The van der Waals surface area contributed by atoms with Crippen LogP contribution in [-0.4, -0.2) is 51.1 Å². The van der Waals surface area contributed by atoms with Crippen molar-refractivity contribution >= 4 is 11.8 Å². The molecule has 1 saturated carbocycles. The quantitative estimate of drug-likeness (QED) is 0.414. The molecule has 1 fully saturated rings. The predicted molar refractivity (Wildman–Crippen MR) is 131 cm³/mol. The molecule has 5 N–H and O–H groups in total. The molecule has 0 bridgehead atoms. The molecule has 2 aliphatic rings. The van der Waals surface area contributed by atoms with Crippen LogP contribution in [0.2, 0.25) is 0 Å². The van der Waals surface area contributed by atoms with Gasteiger partial charge >= 0.3 is 0 Å². The van der Waals surface area contributed by atoms with Gasteiger partial charge in [-0.25, -0.2) is 5.10 Å². The average Bonchev–Trinajstić information content (AvgIpc) is 3.36. The number of nitrogens with one attached hydrogen (secondary N) is 3. The number of aromatic nitrogens is 4. The molecule has 2 amide bonds. The molecule has 182 valence electrons. The summed E-state index contributed by atoms with van der Waals surface area (Å²) in [4.78, 5) is 25.3. The van der Waals surface area contributed by atoms with Crippen molar-refractivity contribution in [1.29, 1.82) is 0 Å². The van der Waals surface area contributed by atoms with Gasteiger partial charge in [0.05, 0.1) is 5.41 Å². The number of rotatable bonds is 7. The number of H-pyrrole nitrogens is 1. The zero-order valence-electron chi connectivity index (χ0n) is 20.1. The zero-order chi connectivity index (χ0) is 24.6. The standard InChI is InChI=1S/C26H31N7O2/c1-3-28-22(34)18-7-9-20-16(13-18)5-6-17-14-19(23(35)29-4-2)8-10-21(17)26(20,15-25(27)11-12-25)24-30-32-33-31-24/h7-10,13-14H,3-6,11-12,15,27H2,1-2H3,(H,28,34)(H,29,35)(H,30,31,32,33). The van der Waals surface area contributed by atoms with Crippen molar-refractivity contribution in [3.63, 3.8) is 0 Å². The monoisotopic (exact) mass is 473 g/mol. The van der Waals surface area contributed by atoms with E-state index in [0.29, 0.717) is 36.5 Å². The molecule has 0 aliphatic heterocycles. The molecule has 9 nitrogen and oxygen atoms in total. The van der Waals surface area contributed by atoms with Crippen LogP contribution in [-0.2, 0) is 18.3 Å². The van der Waals surface area contributed by atoms with Crippen LogP contribution in [0.5, 0.6) is 0 Å². The minimum absolute atomic E-state index is 0.0972. The zero-order valence-corrected chi connectivity index (χ0v) is 20.1. The molecule has 0 unspecified atom stereocenters. The number of nitrogens with zero attached hydrogens (tertiary/aromatic N) is 3. The van der Waals surface area contributed by atoms with Crippen molar-refractivity contribution in [3.05, 3.63) is 75.6 Å². The third-order valence-electron chi connectivity index (χ3n) is 7.25. The van der Waals surface area contributed by atoms with Crippen molar-refractivity contribution in [3.8, 4) is 0 Å². The second kappa shape index (κ2) is 8.88. The van der Waals surface area contributed by atoms with E-state index in [-0.39, 0.29) is 17.4 Å². The van der Waals surface area contributed by atoms with Crippen molar-refractivity contribution in [1.82, 2.24) is 31.3 Å². The largest absolute Gasteiger partial charge is 0.352 e. The highest BCUT2D eigenvalue weighted by molar-refractivity contribution is 5.95. The summed E-state index contributed by atoms with van der Waals surface area (Å²) < 4.78 is 0. The highest BCUT2D eigenvalue weighted by Crippen LogP contribution is 2.52. The Kier molecular flexibility index (Phi) is 5.88. The van der Waals surface area contributed by atoms with Crippen molar-refractivity contribution < 1.29 is 9.59 Å². The maximum absolute atomic E-state index is 12.6. The van der Waals surface area contributed by atoms with Crippen LogP contribution < -0.4 is 16.4 Å². The molecule has 0 spiro atoms. The van der Waals surface area contributed by atoms with Crippen LogP contribution >= 0.6 is 0 Å². The minimum atomic E-state index is -0.727. The fourth-order valence-corrected chi connectivity index (χ4v) is 5.39. The summed E-state index contributed by atoms with van der Waals surface area (Å²) in [5, 5.41) is 21.1. The number of tetrazole rings is 1. The van der Waals surface area contributed by atoms with E-state index in [1.54, 1.807) is 0 Å². The van der Waals surface area contributed by atoms with Crippen LogP contribution in [0, 0.1) is 0 Å². The molecule has 2 aliphatic carbocycles. The van der Waals surface area contributed by atoms with E-state index in [1.165, 1.54) is 0 Å². The van der Waals surface area contributed by atoms with Gasteiger partial charge in [0.1, 0.15) is 0 Å². The first-order chi connectivity index (χ1) is 16.9. The molecule has 9 heteroatoms. The van der Waals surface area contributed by atoms with Gasteiger partial charge in [0.2, 0.25) is 0 Å². The van der Waals surface area contributed by atoms with E-state index in [9.17, 15) is 9.59 Å². The first kappa shape index (κ1) is 23.2. The van der Waals surface area contributed by atoms with Gasteiger partial charge in [0.25, 0.3) is 11.8 Å². The Morgan fingerprint density at radius 1 is 0.943 bits per heavy atom. The van der Waals surface area contributed by atoms with Crippen molar-refractivity contribution in [2.75, 3.05) is 13.1 Å². The van der Waals surface area contributed by atoms with Crippen LogP contribution in [0.3, 0.4) is 0 Å². The number of carbonyl (C=O) groups is 2. The predicted octanol–water partition coefficient (Wildman–Crippen LogP) is 2.01. The normalized spacial score (nSPS) is 17.0. The summed E-state index contributed by atoms with van der Waals surface area (Å²) in [6, 6.07) is 11.7. The lowest BCUT2D eigenvalue weighted by molar-refractivity contribution is 0.0947. The number of aryl methyl sites for hydroxylation is 2. The minimum Gasteiger partial charge on any atom is -0.352 e. The van der Waals surface area contributed by atoms with Crippen LogP contribution in [0.25, 0.3) is 0 Å². The van der Waals surface area contributed by atoms with E-state index in [0.717, 1.165) is 47.9 Å². The second-order valence-corrected chi connectivity index (χ2v) is 9.66. The van der Waals surface area contributed by atoms with Crippen LogP contribution in [0.15, 0.2) is 36.4 Å². The number of fused-ring (bicyclic) bond motifs is 2. The Hall–Kier alpha value is -3.59. The maximum atomic E-state index is 12.6. The van der Waals surface area contributed by atoms with Crippen molar-refractivity contribution in [2.45, 2.75) is 56.9 Å². The highest BCUT2D eigenvalue weighted by atomic mass is 16.2. The smallest absolute Gasteiger partial charge is 0.251 e. The molecule has 5 rings (SSSR count). The fraction of sp³-hybridized carbons (Fsp3) is 0.423. The van der Waals surface area contributed by atoms with Crippen LogP contribution in [0.1, 0.15) is 81.9 Å². The van der Waals surface area contributed by atoms with Gasteiger partial charge in [-0.2, -0.15) is 0 Å². The lowest BCUT2D eigenvalue weighted by Crippen LogP contribution is -2.40. The number of hydrogen-bond acceptors (Lipinski definition) is 6. The van der Waals surface area contributed by atoms with Crippen LogP contribution in [0.4, 0.5) is 0 Å². The van der Waals surface area contributed by atoms with Gasteiger partial charge in [0.15, 0.2) is 5.82 Å². The topological polar surface area (TPSA) is 139 Å². The molecule has 0 saturated heterocycles. The Balaban J connectivity index is 1.74. The summed E-state index contributed by atoms with van der Waals surface area (Å²) >= 11 is 0. The lowest BCUT2D eigenvalue weighted by Gasteiger charge is -2.36. The first-order valence-corrected chi connectivity index (χ1v) is 12.3. The van der Waals surface area contributed by atoms with Gasteiger partial charge in [0, 0.05) is 29.8 Å². The average molecular weight is 474 g/mol. The molecule has 3 aromatic rings. The summed E-state index contributed by atoms with van der Waals surface area (Å²) in [6.07, 6.45) is 3.91. The third-order valence-corrected chi connectivity index (χ3v) is 7.25. The molecular formula is C26H31N7O2. The third kappa shape index (κ3) is 4.10. The second-order valence-electron chi connectivity index (χ2n) is 9.66. The van der Waals surface area contributed by atoms with Gasteiger partial charge < -0.3 is 16.4 Å². The first-order valence-electron chi connectivity index (χ1n) is 12.3. The molecule has 1 aromatic heterocycles. The van der Waals surface area contributed by atoms with Gasteiger partial charge in [-0.05, 0) is 103 Å². The fourth-order valence-electron chi connectivity index (χ4n) is 5.39. The summed E-state index contributed by atoms with van der Waals surface area (Å²) in [7, 11) is 0. The number of benzene rings is 2. The molecule has 2 aromatic carbocycles. The molecular weight excluding hydrogens is 442 g/mol. The summed E-state index contributed by atoms with van der Waals surface area (Å²) in [6.45, 7) is 4.94. The van der Waals surface area contributed by atoms with Crippen molar-refractivity contribution in [2.24, 2.45) is 5.73 Å². The Morgan fingerprint density at radius 2 is 1.49 bits per heavy atom. The van der Waals surface area contributed by atoms with E-state index in [2.05, 4.69) is 31.3 Å². The van der Waals surface area contributed by atoms with E-state index in [1.807, 2.05) is 50.2 Å². The molecule has 0 radical (unpaired) electrons. The number of nitrogens with two attached hydrogens (primary N) is 1. The van der Waals surface area contributed by atoms with Gasteiger partial charge in [-0.3, -0.25) is 9.59 Å². The Labute approximate surface area is 204 Å². The van der Waals surface area contributed by atoms with Gasteiger partial charge in [-0.15, -0.1) is 5.10 Å². The SMILES string of the molecule is CCNC(=O)c1ccc2c(c1)CCc1cc(C(=O)NCC)ccc1C2(CC1(N)CC1)c1nnn[nH]1. The Morgan fingerprint density at radius 3 is 1.91 bits per heavy atom. The number of carbonyl (C=O) groups excluding carboxylic acids is 2. The van der Waals surface area contributed by atoms with E-state index < -0.39 is 5.41 Å². The molecule has 1 heterocycles. The number of hydrogen-bond donors (Lipinski definition) is 4.